The highest BCUT2D eigenvalue weighted by Crippen LogP contribution is 2.76. The first-order chi connectivity index (χ1) is 19.1. The number of carbonyl (C=O) groups is 2. The van der Waals surface area contributed by atoms with Gasteiger partial charge in [-0.1, -0.05) is 67.0 Å². The summed E-state index contributed by atoms with van der Waals surface area (Å²) in [5.41, 5.74) is 1.88. The summed E-state index contributed by atoms with van der Waals surface area (Å²) in [5, 5.41) is 0. The first kappa shape index (κ1) is 31.1. The number of hydrogen-bond acceptors (Lipinski definition) is 4. The monoisotopic (exact) mass is 568 g/mol. The molecule has 0 aromatic carbocycles. The Balaban J connectivity index is 1.33. The third-order valence-corrected chi connectivity index (χ3v) is 14.6. The van der Waals surface area contributed by atoms with E-state index in [0.717, 1.165) is 36.5 Å². The van der Waals surface area contributed by atoms with Crippen molar-refractivity contribution in [2.75, 3.05) is 6.61 Å². The van der Waals surface area contributed by atoms with Gasteiger partial charge in [0.15, 0.2) is 0 Å². The summed E-state index contributed by atoms with van der Waals surface area (Å²) in [7, 11) is 0. The summed E-state index contributed by atoms with van der Waals surface area (Å²) in [4.78, 5) is 23.1. The van der Waals surface area contributed by atoms with E-state index in [0.29, 0.717) is 33.5 Å². The SMILES string of the molecule is CC(=O)OC[C@@H](CC[C@@H](C)[C@H]1CC[C@]2(C)[C@H]3CC[C@@H]4[C@@]5(C)CCCC(C)(C)[C@@H]5C=C[C@@]4(C)[C@]3(C)CC[C@@H]12)OC(C)=O. The maximum atomic E-state index is 11.7. The molecule has 0 spiro atoms. The van der Waals surface area contributed by atoms with E-state index in [1.807, 2.05) is 0 Å². The Kier molecular flexibility index (Phi) is 8.11. The number of allylic oxidation sites excluding steroid dienone is 2. The highest BCUT2D eigenvalue weighted by Gasteiger charge is 2.69. The molecule has 11 atom stereocenters. The van der Waals surface area contributed by atoms with Crippen molar-refractivity contribution in [3.63, 3.8) is 0 Å². The summed E-state index contributed by atoms with van der Waals surface area (Å²) in [6.45, 7) is 21.3. The molecule has 0 unspecified atom stereocenters. The molecule has 0 bridgehead atoms. The van der Waals surface area contributed by atoms with Gasteiger partial charge < -0.3 is 9.47 Å². The lowest BCUT2D eigenvalue weighted by Crippen LogP contribution is -2.64. The number of hydrogen-bond donors (Lipinski definition) is 0. The van der Waals surface area contributed by atoms with Crippen LogP contribution in [0.3, 0.4) is 0 Å². The second-order valence-corrected chi connectivity index (χ2v) is 17.0. The molecule has 5 aliphatic rings. The number of fused-ring (bicyclic) bond motifs is 7. The maximum Gasteiger partial charge on any atom is 0.303 e. The van der Waals surface area contributed by atoms with Crippen molar-refractivity contribution in [2.45, 2.75) is 139 Å². The second kappa shape index (κ2) is 10.7. The number of rotatable bonds is 7. The van der Waals surface area contributed by atoms with E-state index in [-0.39, 0.29) is 30.1 Å². The van der Waals surface area contributed by atoms with E-state index in [4.69, 9.17) is 9.47 Å². The molecule has 4 saturated carbocycles. The first-order valence-corrected chi connectivity index (χ1v) is 17.1. The van der Waals surface area contributed by atoms with Crippen molar-refractivity contribution in [3.05, 3.63) is 12.2 Å². The zero-order chi connectivity index (χ0) is 30.0. The van der Waals surface area contributed by atoms with Gasteiger partial charge in [0.1, 0.15) is 12.7 Å². The van der Waals surface area contributed by atoms with Gasteiger partial charge in [0.05, 0.1) is 0 Å². The van der Waals surface area contributed by atoms with E-state index in [1.54, 1.807) is 0 Å². The standard InChI is InChI=1S/C37H60O4/c1-24(11-12-27(41-26(3)39)23-40-25(2)38)28-15-20-34(6)29(28)16-21-36(8)31(34)13-14-32-35(7)19-10-18-33(4,5)30(35)17-22-37(32,36)9/h17,22,24,27-32H,10-16,18-21,23H2,1-9H3/t24-,27-,28-,29+,30+,31-,32-,34+,35+,36-,37-/m1/s1. The smallest absolute Gasteiger partial charge is 0.303 e. The fourth-order valence-electron chi connectivity index (χ4n) is 12.6. The average molecular weight is 569 g/mol. The third-order valence-electron chi connectivity index (χ3n) is 14.6. The predicted octanol–water partition coefficient (Wildman–Crippen LogP) is 9.17. The van der Waals surface area contributed by atoms with Gasteiger partial charge >= 0.3 is 11.9 Å². The Bertz CT molecular complexity index is 1050. The zero-order valence-corrected chi connectivity index (χ0v) is 27.8. The molecule has 0 radical (unpaired) electrons. The van der Waals surface area contributed by atoms with E-state index >= 15 is 0 Å². The van der Waals surface area contributed by atoms with Gasteiger partial charge in [-0.3, -0.25) is 9.59 Å². The molecule has 4 nitrogen and oxygen atoms in total. The Labute approximate surface area is 251 Å². The molecule has 4 heteroatoms. The van der Waals surface area contributed by atoms with Gasteiger partial charge in [0, 0.05) is 13.8 Å². The molecule has 0 N–H and O–H groups in total. The minimum absolute atomic E-state index is 0.165. The Hall–Kier alpha value is -1.32. The largest absolute Gasteiger partial charge is 0.462 e. The van der Waals surface area contributed by atoms with Crippen molar-refractivity contribution in [1.29, 1.82) is 0 Å². The fourth-order valence-corrected chi connectivity index (χ4v) is 12.6. The van der Waals surface area contributed by atoms with Crippen LogP contribution in [0.5, 0.6) is 0 Å². The molecule has 0 amide bonds. The first-order valence-electron chi connectivity index (χ1n) is 17.1. The van der Waals surface area contributed by atoms with Crippen LogP contribution in [0.25, 0.3) is 0 Å². The third kappa shape index (κ3) is 4.94. The second-order valence-electron chi connectivity index (χ2n) is 17.0. The normalized spacial score (nSPS) is 45.8. The van der Waals surface area contributed by atoms with Crippen LogP contribution in [0.1, 0.15) is 133 Å². The summed E-state index contributed by atoms with van der Waals surface area (Å²) >= 11 is 0. The Morgan fingerprint density at radius 1 is 0.829 bits per heavy atom. The predicted molar refractivity (Wildman–Crippen MR) is 165 cm³/mol. The molecule has 0 aromatic rings. The van der Waals surface area contributed by atoms with E-state index in [2.05, 4.69) is 60.6 Å². The van der Waals surface area contributed by atoms with E-state index in [9.17, 15) is 9.59 Å². The quantitative estimate of drug-likeness (QED) is 0.227. The average Bonchev–Trinajstić information content (AvgIpc) is 3.22. The minimum Gasteiger partial charge on any atom is -0.462 e. The van der Waals surface area contributed by atoms with Gasteiger partial charge in [-0.05, 0) is 127 Å². The molecule has 5 rings (SSSR count). The lowest BCUT2D eigenvalue weighted by atomic mass is 9.33. The lowest BCUT2D eigenvalue weighted by molar-refractivity contribution is -0.198. The lowest BCUT2D eigenvalue weighted by Gasteiger charge is -2.71. The summed E-state index contributed by atoms with van der Waals surface area (Å²) in [5.74, 6) is 3.75. The Morgan fingerprint density at radius 2 is 1.54 bits per heavy atom. The molecule has 0 aliphatic heterocycles. The van der Waals surface area contributed by atoms with Gasteiger partial charge in [0.2, 0.25) is 0 Å². The van der Waals surface area contributed by atoms with Crippen molar-refractivity contribution in [2.24, 2.45) is 62.6 Å². The van der Waals surface area contributed by atoms with Crippen LogP contribution in [0.15, 0.2) is 12.2 Å². The maximum absolute atomic E-state index is 11.7. The molecule has 4 fully saturated rings. The van der Waals surface area contributed by atoms with Crippen LogP contribution < -0.4 is 0 Å². The summed E-state index contributed by atoms with van der Waals surface area (Å²) in [6, 6.07) is 0. The van der Waals surface area contributed by atoms with Gasteiger partial charge in [-0.25, -0.2) is 0 Å². The molecule has 0 heterocycles. The topological polar surface area (TPSA) is 52.6 Å². The molecule has 232 valence electrons. The van der Waals surface area contributed by atoms with Crippen LogP contribution in [-0.4, -0.2) is 24.6 Å². The van der Waals surface area contributed by atoms with Crippen molar-refractivity contribution in [1.82, 2.24) is 0 Å². The zero-order valence-electron chi connectivity index (χ0n) is 27.8. The van der Waals surface area contributed by atoms with Crippen molar-refractivity contribution < 1.29 is 19.1 Å². The Morgan fingerprint density at radius 3 is 2.22 bits per heavy atom. The van der Waals surface area contributed by atoms with Crippen LogP contribution in [-0.2, 0) is 19.1 Å². The van der Waals surface area contributed by atoms with Crippen LogP contribution in [0.4, 0.5) is 0 Å². The molecule has 41 heavy (non-hydrogen) atoms. The molecule has 0 saturated heterocycles. The minimum atomic E-state index is -0.343. The molecule has 0 aromatic heterocycles. The van der Waals surface area contributed by atoms with Crippen molar-refractivity contribution in [3.8, 4) is 0 Å². The molecular formula is C37H60O4. The number of carbonyl (C=O) groups excluding carboxylic acids is 2. The van der Waals surface area contributed by atoms with E-state index in [1.165, 1.54) is 71.6 Å². The summed E-state index contributed by atoms with van der Waals surface area (Å²) in [6.07, 6.45) is 19.2. The fraction of sp³-hybridized carbons (Fsp3) is 0.892. The highest BCUT2D eigenvalue weighted by molar-refractivity contribution is 5.67. The summed E-state index contributed by atoms with van der Waals surface area (Å²) < 4.78 is 10.7. The van der Waals surface area contributed by atoms with Crippen LogP contribution in [0.2, 0.25) is 0 Å². The number of ether oxygens (including phenoxy) is 2. The molecule has 5 aliphatic carbocycles. The van der Waals surface area contributed by atoms with Gasteiger partial charge in [0.25, 0.3) is 0 Å². The van der Waals surface area contributed by atoms with Crippen LogP contribution in [0, 0.1) is 62.6 Å². The highest BCUT2D eigenvalue weighted by atomic mass is 16.6. The van der Waals surface area contributed by atoms with Gasteiger partial charge in [-0.15, -0.1) is 0 Å². The van der Waals surface area contributed by atoms with Crippen LogP contribution >= 0.6 is 0 Å². The van der Waals surface area contributed by atoms with Crippen molar-refractivity contribution >= 4 is 11.9 Å². The molecular weight excluding hydrogens is 508 g/mol. The van der Waals surface area contributed by atoms with E-state index < -0.39 is 0 Å². The van der Waals surface area contributed by atoms with Gasteiger partial charge in [-0.2, -0.15) is 0 Å². The number of esters is 2.